The van der Waals surface area contributed by atoms with Crippen molar-refractivity contribution in [2.75, 3.05) is 19.1 Å². The molecule has 2 heterocycles. The lowest BCUT2D eigenvalue weighted by Gasteiger charge is -2.42. The Balaban J connectivity index is 1.44. The van der Waals surface area contributed by atoms with Gasteiger partial charge in [-0.15, -0.1) is 0 Å². The zero-order valence-electron chi connectivity index (χ0n) is 23.1. The van der Waals surface area contributed by atoms with Crippen LogP contribution in [0.5, 0.6) is 23.0 Å². The second kappa shape index (κ2) is 9.23. The van der Waals surface area contributed by atoms with Gasteiger partial charge in [0, 0.05) is 22.6 Å². The Morgan fingerprint density at radius 3 is 1.85 bits per heavy atom. The predicted octanol–water partition coefficient (Wildman–Crippen LogP) is 6.43. The topological polar surface area (TPSA) is 30.9 Å². The van der Waals surface area contributed by atoms with E-state index in [-0.39, 0.29) is 12.1 Å². The number of anilines is 3. The summed E-state index contributed by atoms with van der Waals surface area (Å²) in [4.78, 5) is 2.36. The first-order valence-corrected chi connectivity index (χ1v) is 13.6. The van der Waals surface area contributed by atoms with Crippen LogP contribution in [0.2, 0.25) is 0 Å². The van der Waals surface area contributed by atoms with Crippen LogP contribution in [0, 0.1) is 0 Å². The Kier molecular flexibility index (Phi) is 5.63. The van der Waals surface area contributed by atoms with E-state index in [0.717, 1.165) is 45.1 Å². The normalized spacial score (nSPS) is 14.3. The first-order chi connectivity index (χ1) is 19.5. The molecule has 0 amide bonds. The third kappa shape index (κ3) is 3.54. The van der Waals surface area contributed by atoms with Crippen LogP contribution >= 0.6 is 0 Å². The SMILES string of the molecule is COc1cccc(OC)c1B1c2ccccc2Oc2cc(N3c4ccccc4C(C)(C)c4ccccc43)ccc21. The van der Waals surface area contributed by atoms with Crippen molar-refractivity contribution < 1.29 is 14.2 Å². The lowest BCUT2D eigenvalue weighted by molar-refractivity contribution is 0.400. The molecule has 0 saturated carbocycles. The van der Waals surface area contributed by atoms with Crippen LogP contribution in [0.15, 0.2) is 109 Å². The summed E-state index contributed by atoms with van der Waals surface area (Å²) in [7, 11) is 3.42. The summed E-state index contributed by atoms with van der Waals surface area (Å²) in [5, 5.41) is 0. The van der Waals surface area contributed by atoms with Crippen LogP contribution < -0.4 is 35.5 Å². The zero-order chi connectivity index (χ0) is 27.4. The van der Waals surface area contributed by atoms with Crippen LogP contribution in [0.25, 0.3) is 0 Å². The molecule has 0 atom stereocenters. The first kappa shape index (κ1) is 24.4. The van der Waals surface area contributed by atoms with Gasteiger partial charge in [-0.25, -0.2) is 0 Å². The highest BCUT2D eigenvalue weighted by molar-refractivity contribution is 6.98. The molecule has 0 radical (unpaired) electrons. The van der Waals surface area contributed by atoms with E-state index in [1.807, 2.05) is 30.3 Å². The Labute approximate surface area is 235 Å². The third-order valence-electron chi connectivity index (χ3n) is 8.41. The van der Waals surface area contributed by atoms with E-state index in [0.29, 0.717) is 0 Å². The highest BCUT2D eigenvalue weighted by Gasteiger charge is 2.39. The van der Waals surface area contributed by atoms with Gasteiger partial charge in [0.05, 0.1) is 25.6 Å². The second-order valence-electron chi connectivity index (χ2n) is 10.9. The van der Waals surface area contributed by atoms with E-state index < -0.39 is 0 Å². The molecule has 2 aliphatic rings. The molecule has 5 aromatic carbocycles. The highest BCUT2D eigenvalue weighted by atomic mass is 16.5. The van der Waals surface area contributed by atoms with Crippen molar-refractivity contribution in [1.29, 1.82) is 0 Å². The average molecular weight is 523 g/mol. The van der Waals surface area contributed by atoms with Gasteiger partial charge < -0.3 is 19.1 Å². The molecular formula is C35H30BNO3. The van der Waals surface area contributed by atoms with E-state index >= 15 is 0 Å². The monoisotopic (exact) mass is 523 g/mol. The zero-order valence-corrected chi connectivity index (χ0v) is 23.1. The number of benzene rings is 5. The van der Waals surface area contributed by atoms with Crippen LogP contribution in [0.4, 0.5) is 17.1 Å². The molecule has 0 N–H and O–H groups in total. The van der Waals surface area contributed by atoms with Crippen molar-refractivity contribution in [3.05, 3.63) is 120 Å². The number of hydrogen-bond donors (Lipinski definition) is 0. The summed E-state index contributed by atoms with van der Waals surface area (Å²) in [5.74, 6) is 3.24. The summed E-state index contributed by atoms with van der Waals surface area (Å²) in [6.07, 6.45) is 0. The van der Waals surface area contributed by atoms with E-state index in [1.165, 1.54) is 22.5 Å². The number of para-hydroxylation sites is 3. The van der Waals surface area contributed by atoms with Crippen molar-refractivity contribution in [2.24, 2.45) is 0 Å². The summed E-state index contributed by atoms with van der Waals surface area (Å²) in [6, 6.07) is 38.2. The smallest absolute Gasteiger partial charge is 0.260 e. The van der Waals surface area contributed by atoms with E-state index in [1.54, 1.807) is 14.2 Å². The molecule has 0 saturated heterocycles. The molecule has 5 aromatic rings. The third-order valence-corrected chi connectivity index (χ3v) is 8.41. The van der Waals surface area contributed by atoms with Crippen molar-refractivity contribution in [3.8, 4) is 23.0 Å². The Morgan fingerprint density at radius 2 is 1.20 bits per heavy atom. The van der Waals surface area contributed by atoms with Gasteiger partial charge in [-0.2, -0.15) is 0 Å². The summed E-state index contributed by atoms with van der Waals surface area (Å²) in [5.41, 5.74) is 9.06. The molecule has 40 heavy (non-hydrogen) atoms. The van der Waals surface area contributed by atoms with Gasteiger partial charge in [-0.3, -0.25) is 0 Å². The molecule has 0 aromatic heterocycles. The number of rotatable bonds is 4. The maximum Gasteiger partial charge on any atom is 0.260 e. The van der Waals surface area contributed by atoms with Crippen LogP contribution in [0.3, 0.4) is 0 Å². The Hall–Kier alpha value is -4.64. The molecule has 5 heteroatoms. The first-order valence-electron chi connectivity index (χ1n) is 13.6. The number of ether oxygens (including phenoxy) is 3. The summed E-state index contributed by atoms with van der Waals surface area (Å²) < 4.78 is 18.3. The molecule has 0 fully saturated rings. The predicted molar refractivity (Wildman–Crippen MR) is 164 cm³/mol. The summed E-state index contributed by atoms with van der Waals surface area (Å²) in [6.45, 7) is 4.50. The van der Waals surface area contributed by atoms with Crippen LogP contribution in [-0.4, -0.2) is 20.9 Å². The highest BCUT2D eigenvalue weighted by Crippen LogP contribution is 2.52. The molecule has 0 unspecified atom stereocenters. The fraction of sp³-hybridized carbons (Fsp3) is 0.143. The van der Waals surface area contributed by atoms with Gasteiger partial charge in [0.25, 0.3) is 6.71 Å². The van der Waals surface area contributed by atoms with Crippen molar-refractivity contribution in [2.45, 2.75) is 19.3 Å². The molecular weight excluding hydrogens is 493 g/mol. The molecule has 7 rings (SSSR count). The second-order valence-corrected chi connectivity index (χ2v) is 10.9. The van der Waals surface area contributed by atoms with Crippen molar-refractivity contribution in [1.82, 2.24) is 0 Å². The molecule has 4 nitrogen and oxygen atoms in total. The molecule has 0 spiro atoms. The number of hydrogen-bond acceptors (Lipinski definition) is 4. The van der Waals surface area contributed by atoms with Crippen molar-refractivity contribution in [3.63, 3.8) is 0 Å². The van der Waals surface area contributed by atoms with E-state index in [4.69, 9.17) is 14.2 Å². The van der Waals surface area contributed by atoms with Crippen LogP contribution in [-0.2, 0) is 5.41 Å². The maximum atomic E-state index is 6.62. The average Bonchev–Trinajstić information content (AvgIpc) is 2.99. The van der Waals surface area contributed by atoms with E-state index in [2.05, 4.69) is 97.6 Å². The van der Waals surface area contributed by atoms with Crippen LogP contribution in [0.1, 0.15) is 25.0 Å². The van der Waals surface area contributed by atoms with Gasteiger partial charge in [-0.1, -0.05) is 80.6 Å². The number of nitrogens with zero attached hydrogens (tertiary/aromatic N) is 1. The quantitative estimate of drug-likeness (QED) is 0.249. The lowest BCUT2D eigenvalue weighted by atomic mass is 9.35. The molecule has 0 bridgehead atoms. The van der Waals surface area contributed by atoms with Gasteiger partial charge in [0.15, 0.2) is 0 Å². The molecule has 196 valence electrons. The Bertz CT molecular complexity index is 1690. The van der Waals surface area contributed by atoms with Gasteiger partial charge >= 0.3 is 0 Å². The minimum absolute atomic E-state index is 0.111. The minimum atomic E-state index is -0.112. The van der Waals surface area contributed by atoms with Gasteiger partial charge in [-0.05, 0) is 58.5 Å². The maximum absolute atomic E-state index is 6.62. The standard InChI is InChI=1S/C35H30BNO3/c1-35(2)24-12-5-8-15-28(24)37(29-16-9-6-13-25(29)35)23-20-21-27-33(22-23)40-30-17-10-7-14-26(30)36(27)34-31(38-3)18-11-19-32(34)39-4/h5-22H,1-4H3. The molecule has 0 aliphatic carbocycles. The molecule has 2 aliphatic heterocycles. The summed E-state index contributed by atoms with van der Waals surface area (Å²) >= 11 is 0. The van der Waals surface area contributed by atoms with Gasteiger partial charge in [0.2, 0.25) is 0 Å². The number of methoxy groups -OCH3 is 2. The lowest BCUT2D eigenvalue weighted by Crippen LogP contribution is -2.55. The fourth-order valence-electron chi connectivity index (χ4n) is 6.51. The van der Waals surface area contributed by atoms with Crippen molar-refractivity contribution >= 4 is 40.2 Å². The Morgan fingerprint density at radius 1 is 0.625 bits per heavy atom. The number of fused-ring (bicyclic) bond motifs is 4. The van der Waals surface area contributed by atoms with E-state index in [9.17, 15) is 0 Å². The largest absolute Gasteiger partial charge is 0.497 e. The minimum Gasteiger partial charge on any atom is -0.497 e. The fourth-order valence-corrected chi connectivity index (χ4v) is 6.51. The van der Waals surface area contributed by atoms with Gasteiger partial charge in [0.1, 0.15) is 23.0 Å².